The molecule has 0 heterocycles. The van der Waals surface area contributed by atoms with Crippen LogP contribution in [-0.2, 0) is 15.1 Å². The molecule has 0 aromatic heterocycles. The smallest absolute Gasteiger partial charge is 0.408 e. The Morgan fingerprint density at radius 1 is 1.35 bits per heavy atom. The standard InChI is InChI=1S/C14H17ClFNO3/c1-13(2,3)20-12(19)17-14(4,8-18)10-6-5-9(16)7-11(10)15/h5-8H,1-4H3,(H,17,19). The molecule has 20 heavy (non-hydrogen) atoms. The van der Waals surface area contributed by atoms with E-state index >= 15 is 0 Å². The molecule has 110 valence electrons. The van der Waals surface area contributed by atoms with Gasteiger partial charge in [0.2, 0.25) is 0 Å². The number of carbonyl (C=O) groups excluding carboxylic acids is 2. The van der Waals surface area contributed by atoms with Gasteiger partial charge in [0.1, 0.15) is 23.2 Å². The van der Waals surface area contributed by atoms with Crippen molar-refractivity contribution in [2.45, 2.75) is 38.8 Å². The van der Waals surface area contributed by atoms with Crippen LogP contribution in [0.1, 0.15) is 33.3 Å². The molecule has 0 spiro atoms. The first-order valence-corrected chi connectivity index (χ1v) is 6.38. The molecule has 1 aromatic rings. The predicted octanol–water partition coefficient (Wildman–Crippen LogP) is 3.42. The first-order valence-electron chi connectivity index (χ1n) is 6.00. The Bertz CT molecular complexity index is 528. The predicted molar refractivity (Wildman–Crippen MR) is 74.2 cm³/mol. The molecule has 0 aliphatic carbocycles. The normalized spacial score (nSPS) is 14.3. The molecule has 0 saturated heterocycles. The van der Waals surface area contributed by atoms with Gasteiger partial charge in [0, 0.05) is 10.6 Å². The highest BCUT2D eigenvalue weighted by Crippen LogP contribution is 2.27. The number of halogens is 2. The van der Waals surface area contributed by atoms with Gasteiger partial charge in [-0.15, -0.1) is 0 Å². The number of hydrogen-bond donors (Lipinski definition) is 1. The van der Waals surface area contributed by atoms with Gasteiger partial charge in [0.25, 0.3) is 0 Å². The summed E-state index contributed by atoms with van der Waals surface area (Å²) in [5.74, 6) is -0.524. The molecule has 1 atom stereocenters. The van der Waals surface area contributed by atoms with Crippen molar-refractivity contribution in [3.05, 3.63) is 34.6 Å². The van der Waals surface area contributed by atoms with E-state index in [1.165, 1.54) is 19.1 Å². The summed E-state index contributed by atoms with van der Waals surface area (Å²) < 4.78 is 18.1. The van der Waals surface area contributed by atoms with Crippen molar-refractivity contribution in [2.24, 2.45) is 0 Å². The van der Waals surface area contributed by atoms with E-state index in [0.29, 0.717) is 11.8 Å². The van der Waals surface area contributed by atoms with Crippen LogP contribution in [0.25, 0.3) is 0 Å². The molecule has 0 saturated carbocycles. The minimum atomic E-state index is -1.40. The van der Waals surface area contributed by atoms with Crippen molar-refractivity contribution in [3.8, 4) is 0 Å². The fourth-order valence-corrected chi connectivity index (χ4v) is 1.95. The molecule has 6 heteroatoms. The second-order valence-electron chi connectivity index (χ2n) is 5.57. The van der Waals surface area contributed by atoms with Crippen molar-refractivity contribution in [1.82, 2.24) is 5.32 Å². The highest BCUT2D eigenvalue weighted by atomic mass is 35.5. The second-order valence-corrected chi connectivity index (χ2v) is 5.98. The summed E-state index contributed by atoms with van der Waals surface area (Å²) in [5, 5.41) is 2.49. The third-order valence-corrected chi connectivity index (χ3v) is 2.80. The van der Waals surface area contributed by atoms with E-state index < -0.39 is 23.1 Å². The van der Waals surface area contributed by atoms with Gasteiger partial charge in [0.05, 0.1) is 0 Å². The molecule has 0 bridgehead atoms. The van der Waals surface area contributed by atoms with E-state index in [2.05, 4.69) is 5.32 Å². The zero-order chi connectivity index (χ0) is 15.6. The highest BCUT2D eigenvalue weighted by molar-refractivity contribution is 6.31. The van der Waals surface area contributed by atoms with Crippen LogP contribution >= 0.6 is 11.6 Å². The number of benzene rings is 1. The lowest BCUT2D eigenvalue weighted by molar-refractivity contribution is -0.113. The molecular formula is C14H17ClFNO3. The van der Waals surface area contributed by atoms with E-state index in [1.807, 2.05) is 0 Å². The van der Waals surface area contributed by atoms with Gasteiger partial charge in [-0.25, -0.2) is 9.18 Å². The summed E-state index contributed by atoms with van der Waals surface area (Å²) in [5.41, 5.74) is -1.80. The fourth-order valence-electron chi connectivity index (χ4n) is 1.59. The number of rotatable bonds is 3. The number of hydrogen-bond acceptors (Lipinski definition) is 3. The highest BCUT2D eigenvalue weighted by Gasteiger charge is 2.32. The van der Waals surface area contributed by atoms with Crippen LogP contribution in [-0.4, -0.2) is 18.0 Å². The maximum Gasteiger partial charge on any atom is 0.408 e. The van der Waals surface area contributed by atoms with Crippen molar-refractivity contribution >= 4 is 24.0 Å². The summed E-state index contributed by atoms with van der Waals surface area (Å²) in [4.78, 5) is 23.1. The third-order valence-electron chi connectivity index (χ3n) is 2.49. The molecule has 1 unspecified atom stereocenters. The van der Waals surface area contributed by atoms with Gasteiger partial charge < -0.3 is 14.8 Å². The number of nitrogens with one attached hydrogen (secondary N) is 1. The van der Waals surface area contributed by atoms with E-state index in [9.17, 15) is 14.0 Å². The first-order chi connectivity index (χ1) is 9.07. The summed E-state index contributed by atoms with van der Waals surface area (Å²) in [6, 6.07) is 3.60. The average molecular weight is 302 g/mol. The van der Waals surface area contributed by atoms with Crippen LogP contribution < -0.4 is 5.32 Å². The Morgan fingerprint density at radius 2 is 1.95 bits per heavy atom. The summed E-state index contributed by atoms with van der Waals surface area (Å²) in [6.45, 7) is 6.57. The monoisotopic (exact) mass is 301 g/mol. The summed E-state index contributed by atoms with van der Waals surface area (Å²) in [6.07, 6.45) is -0.233. The van der Waals surface area contributed by atoms with Crippen molar-refractivity contribution in [2.75, 3.05) is 0 Å². The van der Waals surface area contributed by atoms with Crippen LogP contribution in [0.4, 0.5) is 9.18 Å². The van der Waals surface area contributed by atoms with Crippen LogP contribution in [0, 0.1) is 5.82 Å². The Kier molecular flexibility index (Phi) is 4.76. The van der Waals surface area contributed by atoms with E-state index in [4.69, 9.17) is 16.3 Å². The Labute approximate surface area is 122 Å². The lowest BCUT2D eigenvalue weighted by Gasteiger charge is -2.28. The summed E-state index contributed by atoms with van der Waals surface area (Å²) >= 11 is 5.92. The van der Waals surface area contributed by atoms with Gasteiger partial charge in [-0.1, -0.05) is 17.7 Å². The zero-order valence-corrected chi connectivity index (χ0v) is 12.5. The Balaban J connectivity index is 3.03. The lowest BCUT2D eigenvalue weighted by Crippen LogP contribution is -2.47. The third kappa shape index (κ3) is 4.20. The minimum absolute atomic E-state index is 0.0515. The molecule has 0 radical (unpaired) electrons. The molecule has 1 amide bonds. The van der Waals surface area contributed by atoms with Crippen molar-refractivity contribution < 1.29 is 18.7 Å². The lowest BCUT2D eigenvalue weighted by atomic mass is 9.93. The molecule has 1 N–H and O–H groups in total. The molecule has 0 aliphatic heterocycles. The summed E-state index contributed by atoms with van der Waals surface area (Å²) in [7, 11) is 0. The van der Waals surface area contributed by atoms with Crippen LogP contribution in [0.5, 0.6) is 0 Å². The van der Waals surface area contributed by atoms with E-state index in [1.54, 1.807) is 20.8 Å². The second kappa shape index (κ2) is 5.79. The maximum absolute atomic E-state index is 13.0. The number of aldehydes is 1. The van der Waals surface area contributed by atoms with Crippen LogP contribution in [0.2, 0.25) is 5.02 Å². The molecule has 1 rings (SSSR count). The van der Waals surface area contributed by atoms with Gasteiger partial charge in [-0.05, 0) is 39.8 Å². The minimum Gasteiger partial charge on any atom is -0.444 e. The Morgan fingerprint density at radius 3 is 2.40 bits per heavy atom. The maximum atomic E-state index is 13.0. The van der Waals surface area contributed by atoms with Crippen LogP contribution in [0.3, 0.4) is 0 Å². The number of carbonyl (C=O) groups is 2. The number of ether oxygens (including phenoxy) is 1. The zero-order valence-electron chi connectivity index (χ0n) is 11.8. The van der Waals surface area contributed by atoms with Crippen molar-refractivity contribution in [3.63, 3.8) is 0 Å². The first kappa shape index (κ1) is 16.4. The molecule has 0 fully saturated rings. The Hall–Kier alpha value is -1.62. The van der Waals surface area contributed by atoms with E-state index in [0.717, 1.165) is 6.07 Å². The fraction of sp³-hybridized carbons (Fsp3) is 0.429. The molecular weight excluding hydrogens is 285 g/mol. The van der Waals surface area contributed by atoms with Gasteiger partial charge in [-0.3, -0.25) is 0 Å². The number of amides is 1. The van der Waals surface area contributed by atoms with Gasteiger partial charge in [-0.2, -0.15) is 0 Å². The van der Waals surface area contributed by atoms with E-state index in [-0.39, 0.29) is 5.02 Å². The van der Waals surface area contributed by atoms with Gasteiger partial charge >= 0.3 is 6.09 Å². The quantitative estimate of drug-likeness (QED) is 0.870. The van der Waals surface area contributed by atoms with Crippen molar-refractivity contribution in [1.29, 1.82) is 0 Å². The topological polar surface area (TPSA) is 55.4 Å². The number of alkyl carbamates (subject to hydrolysis) is 1. The molecule has 1 aromatic carbocycles. The van der Waals surface area contributed by atoms with Gasteiger partial charge in [0.15, 0.2) is 0 Å². The molecule has 0 aliphatic rings. The molecule has 4 nitrogen and oxygen atoms in total. The largest absolute Gasteiger partial charge is 0.444 e. The van der Waals surface area contributed by atoms with Crippen LogP contribution in [0.15, 0.2) is 18.2 Å². The average Bonchev–Trinajstić information content (AvgIpc) is 2.25. The SMILES string of the molecule is CC(C)(C)OC(=O)NC(C)(C=O)c1ccc(F)cc1Cl.